The fourth-order valence-electron chi connectivity index (χ4n) is 2.60. The van der Waals surface area contributed by atoms with Crippen molar-refractivity contribution in [2.45, 2.75) is 22.6 Å². The van der Waals surface area contributed by atoms with Crippen molar-refractivity contribution < 1.29 is 17.9 Å². The van der Waals surface area contributed by atoms with E-state index in [0.717, 1.165) is 17.1 Å². The van der Waals surface area contributed by atoms with Gasteiger partial charge in [-0.05, 0) is 48.9 Å². The summed E-state index contributed by atoms with van der Waals surface area (Å²) in [6.45, 7) is 0.639. The molecule has 0 atom stereocenters. The molecule has 0 spiro atoms. The molecule has 28 heavy (non-hydrogen) atoms. The number of methoxy groups -OCH3 is 1. The number of aliphatic imine (C=N–C) groups is 1. The van der Waals surface area contributed by atoms with Gasteiger partial charge in [0, 0.05) is 23.5 Å². The average molecular weight is 420 g/mol. The first-order valence-corrected chi connectivity index (χ1v) is 11.2. The molecule has 0 aliphatic carbocycles. The Morgan fingerprint density at radius 1 is 1.21 bits per heavy atom. The van der Waals surface area contributed by atoms with Crippen molar-refractivity contribution >= 4 is 39.2 Å². The van der Waals surface area contributed by atoms with E-state index in [1.165, 1.54) is 23.9 Å². The summed E-state index contributed by atoms with van der Waals surface area (Å²) in [5, 5.41) is 2.73. The summed E-state index contributed by atoms with van der Waals surface area (Å²) in [4.78, 5) is 17.4. The van der Waals surface area contributed by atoms with Crippen LogP contribution in [-0.4, -0.2) is 39.6 Å². The van der Waals surface area contributed by atoms with Crippen LogP contribution in [0.3, 0.4) is 0 Å². The molecule has 148 valence electrons. The molecule has 2 N–H and O–H groups in total. The summed E-state index contributed by atoms with van der Waals surface area (Å²) in [7, 11) is -2.12. The van der Waals surface area contributed by atoms with E-state index < -0.39 is 10.0 Å². The van der Waals surface area contributed by atoms with Crippen LogP contribution >= 0.6 is 11.8 Å². The minimum Gasteiger partial charge on any atom is -0.497 e. The number of nitrogens with one attached hydrogen (secondary N) is 2. The monoisotopic (exact) mass is 419 g/mol. The third-order valence-corrected chi connectivity index (χ3v) is 6.37. The van der Waals surface area contributed by atoms with Gasteiger partial charge >= 0.3 is 0 Å². The Morgan fingerprint density at radius 2 is 2.00 bits per heavy atom. The number of sulfonamides is 1. The molecule has 0 aromatic heterocycles. The molecule has 3 rings (SSSR count). The van der Waals surface area contributed by atoms with Crippen LogP contribution in [0, 0.1) is 0 Å². The highest BCUT2D eigenvalue weighted by Crippen LogP contribution is 2.22. The van der Waals surface area contributed by atoms with Crippen molar-refractivity contribution in [1.82, 2.24) is 4.72 Å². The number of carbonyl (C=O) groups excluding carboxylic acids is 1. The number of amides is 1. The SMILES string of the molecule is COc1ccc(SCC(=O)Nc2cccc(S(=O)(=O)NC3=NCCC3)c2)cc1. The third-order valence-electron chi connectivity index (χ3n) is 3.98. The molecule has 1 aliphatic heterocycles. The Kier molecular flexibility index (Phi) is 6.58. The first kappa shape index (κ1) is 20.2. The smallest absolute Gasteiger partial charge is 0.262 e. The number of rotatable bonds is 7. The van der Waals surface area contributed by atoms with Crippen LogP contribution in [0.1, 0.15) is 12.8 Å². The molecule has 1 heterocycles. The molecule has 1 amide bonds. The van der Waals surface area contributed by atoms with E-state index in [1.54, 1.807) is 19.2 Å². The summed E-state index contributed by atoms with van der Waals surface area (Å²) in [5.74, 6) is 1.22. The molecule has 0 saturated carbocycles. The molecule has 0 fully saturated rings. The fraction of sp³-hybridized carbons (Fsp3) is 0.263. The van der Waals surface area contributed by atoms with Crippen molar-refractivity contribution in [1.29, 1.82) is 0 Å². The maximum Gasteiger partial charge on any atom is 0.262 e. The normalized spacial score (nSPS) is 13.7. The van der Waals surface area contributed by atoms with Crippen molar-refractivity contribution in [2.24, 2.45) is 4.99 Å². The number of carbonyl (C=O) groups is 1. The number of ether oxygens (including phenoxy) is 1. The molecule has 2 aromatic carbocycles. The number of anilines is 1. The zero-order chi connectivity index (χ0) is 20.0. The van der Waals surface area contributed by atoms with Gasteiger partial charge in [0.05, 0.1) is 17.8 Å². The Labute approximate surface area is 168 Å². The van der Waals surface area contributed by atoms with Gasteiger partial charge in [-0.1, -0.05) is 6.07 Å². The Hall–Kier alpha value is -2.52. The molecule has 0 radical (unpaired) electrons. The highest BCUT2D eigenvalue weighted by Gasteiger charge is 2.18. The average Bonchev–Trinajstić information content (AvgIpc) is 3.19. The fourth-order valence-corrected chi connectivity index (χ4v) is 4.43. The number of thioether (sulfide) groups is 1. The van der Waals surface area contributed by atoms with Crippen LogP contribution < -0.4 is 14.8 Å². The van der Waals surface area contributed by atoms with Crippen LogP contribution in [0.2, 0.25) is 0 Å². The zero-order valence-electron chi connectivity index (χ0n) is 15.3. The Morgan fingerprint density at radius 3 is 2.68 bits per heavy atom. The van der Waals surface area contributed by atoms with Crippen molar-refractivity contribution in [3.05, 3.63) is 48.5 Å². The van der Waals surface area contributed by atoms with E-state index in [-0.39, 0.29) is 16.6 Å². The highest BCUT2D eigenvalue weighted by molar-refractivity contribution is 8.00. The molecule has 7 nitrogen and oxygen atoms in total. The second-order valence-electron chi connectivity index (χ2n) is 6.08. The van der Waals surface area contributed by atoms with Crippen molar-refractivity contribution in [2.75, 3.05) is 24.7 Å². The van der Waals surface area contributed by atoms with Crippen LogP contribution in [0.25, 0.3) is 0 Å². The van der Waals surface area contributed by atoms with Gasteiger partial charge < -0.3 is 10.1 Å². The molecule has 9 heteroatoms. The standard InChI is InChI=1S/C19H21N3O4S2/c1-26-15-7-9-16(10-8-15)27-13-19(23)21-14-4-2-5-17(12-14)28(24,25)22-18-6-3-11-20-18/h2,4-5,7-10,12H,3,6,11,13H2,1H3,(H,20,22)(H,21,23). The van der Waals surface area contributed by atoms with E-state index >= 15 is 0 Å². The van der Waals surface area contributed by atoms with E-state index in [4.69, 9.17) is 4.74 Å². The summed E-state index contributed by atoms with van der Waals surface area (Å²) < 4.78 is 32.5. The lowest BCUT2D eigenvalue weighted by Gasteiger charge is -2.10. The molecule has 1 aliphatic rings. The van der Waals surface area contributed by atoms with E-state index in [2.05, 4.69) is 15.0 Å². The predicted octanol–water partition coefficient (Wildman–Crippen LogP) is 2.90. The summed E-state index contributed by atoms with van der Waals surface area (Å²) in [6.07, 6.45) is 1.47. The molecule has 2 aromatic rings. The Balaban J connectivity index is 1.59. The third kappa shape index (κ3) is 5.49. The van der Waals surface area contributed by atoms with Gasteiger partial charge in [-0.25, -0.2) is 8.42 Å². The van der Waals surface area contributed by atoms with Crippen LogP contribution in [-0.2, 0) is 14.8 Å². The maximum atomic E-state index is 12.5. The molecule has 0 bridgehead atoms. The van der Waals surface area contributed by atoms with Crippen LogP contribution in [0.5, 0.6) is 5.75 Å². The van der Waals surface area contributed by atoms with Gasteiger partial charge in [0.1, 0.15) is 11.6 Å². The topological polar surface area (TPSA) is 96.9 Å². The minimum atomic E-state index is -3.71. The maximum absolute atomic E-state index is 12.5. The quantitative estimate of drug-likeness (QED) is 0.673. The van der Waals surface area contributed by atoms with Gasteiger partial charge in [0.15, 0.2) is 0 Å². The lowest BCUT2D eigenvalue weighted by Crippen LogP contribution is -2.29. The van der Waals surface area contributed by atoms with Crippen LogP contribution in [0.15, 0.2) is 63.3 Å². The lowest BCUT2D eigenvalue weighted by atomic mass is 10.3. The second kappa shape index (κ2) is 9.11. The highest BCUT2D eigenvalue weighted by atomic mass is 32.2. The van der Waals surface area contributed by atoms with E-state index in [0.29, 0.717) is 24.5 Å². The number of hydrogen-bond donors (Lipinski definition) is 2. The predicted molar refractivity (Wildman–Crippen MR) is 111 cm³/mol. The van der Waals surface area contributed by atoms with Gasteiger partial charge in [0.25, 0.3) is 10.0 Å². The van der Waals surface area contributed by atoms with E-state index in [1.807, 2.05) is 24.3 Å². The minimum absolute atomic E-state index is 0.0858. The second-order valence-corrected chi connectivity index (χ2v) is 8.81. The lowest BCUT2D eigenvalue weighted by molar-refractivity contribution is -0.113. The Bertz CT molecular complexity index is 973. The molecular weight excluding hydrogens is 398 g/mol. The molecule has 0 saturated heterocycles. The van der Waals surface area contributed by atoms with Gasteiger partial charge in [-0.3, -0.25) is 14.5 Å². The zero-order valence-corrected chi connectivity index (χ0v) is 17.0. The summed E-state index contributed by atoms with van der Waals surface area (Å²) >= 11 is 1.38. The first-order chi connectivity index (χ1) is 13.5. The summed E-state index contributed by atoms with van der Waals surface area (Å²) in [5.41, 5.74) is 0.427. The van der Waals surface area contributed by atoms with Gasteiger partial charge in [-0.15, -0.1) is 11.8 Å². The largest absolute Gasteiger partial charge is 0.497 e. The van der Waals surface area contributed by atoms with Crippen LogP contribution in [0.4, 0.5) is 5.69 Å². The molecule has 0 unspecified atom stereocenters. The number of nitrogens with zero attached hydrogens (tertiary/aromatic N) is 1. The number of benzene rings is 2. The van der Waals surface area contributed by atoms with Gasteiger partial charge in [0.2, 0.25) is 5.91 Å². The summed E-state index contributed by atoms with van der Waals surface area (Å²) in [6, 6.07) is 13.6. The van der Waals surface area contributed by atoms with E-state index in [9.17, 15) is 13.2 Å². The van der Waals surface area contributed by atoms with Crippen molar-refractivity contribution in [3.63, 3.8) is 0 Å². The number of hydrogen-bond acceptors (Lipinski definition) is 6. The molecular formula is C19H21N3O4S2. The number of amidine groups is 1. The first-order valence-electron chi connectivity index (χ1n) is 8.69. The van der Waals surface area contributed by atoms with Gasteiger partial charge in [-0.2, -0.15) is 0 Å². The van der Waals surface area contributed by atoms with Crippen molar-refractivity contribution in [3.8, 4) is 5.75 Å².